The zero-order valence-corrected chi connectivity index (χ0v) is 34.3. The van der Waals surface area contributed by atoms with Gasteiger partial charge in [-0.25, -0.2) is 0 Å². The number of anilines is 6. The summed E-state index contributed by atoms with van der Waals surface area (Å²) in [6.45, 7) is 0. The van der Waals surface area contributed by atoms with Crippen LogP contribution in [-0.2, 0) is 5.41 Å². The van der Waals surface area contributed by atoms with Gasteiger partial charge in [-0.2, -0.15) is 0 Å². The summed E-state index contributed by atoms with van der Waals surface area (Å²) in [5.41, 5.74) is 17.1. The number of benzene rings is 10. The molecule has 10 aromatic carbocycles. The molecule has 2 aliphatic carbocycles. The van der Waals surface area contributed by atoms with Crippen molar-refractivity contribution in [2.45, 2.75) is 5.41 Å². The Morgan fingerprint density at radius 1 is 0.286 bits per heavy atom. The minimum Gasteiger partial charge on any atom is -0.310 e. The largest absolute Gasteiger partial charge is 0.310 e. The third-order valence-electron chi connectivity index (χ3n) is 12.7. The van der Waals surface area contributed by atoms with Crippen LogP contribution >= 0.6 is 0 Å². The second kappa shape index (κ2) is 15.1. The maximum absolute atomic E-state index is 9.20. The highest BCUT2D eigenvalue weighted by molar-refractivity contribution is 6.00. The normalized spacial score (nSPS) is 15.2. The van der Waals surface area contributed by atoms with E-state index in [0.717, 1.165) is 83.8 Å². The van der Waals surface area contributed by atoms with Crippen molar-refractivity contribution in [2.75, 3.05) is 9.80 Å². The van der Waals surface area contributed by atoms with Crippen LogP contribution in [0.25, 0.3) is 44.5 Å². The molecule has 12 rings (SSSR count). The number of nitrogens with zero attached hydrogens (tertiary/aromatic N) is 2. The molecular formula is C61H42N2. The number of fused-ring (bicyclic) bond motifs is 10. The molecule has 0 aliphatic heterocycles. The van der Waals surface area contributed by atoms with Gasteiger partial charge < -0.3 is 9.80 Å². The summed E-state index contributed by atoms with van der Waals surface area (Å²) < 4.78 is 44.3. The lowest BCUT2D eigenvalue weighted by Crippen LogP contribution is -2.26. The molecule has 0 bridgehead atoms. The van der Waals surface area contributed by atoms with Gasteiger partial charge in [0.25, 0.3) is 0 Å². The Bertz CT molecular complexity index is 3480. The molecule has 63 heavy (non-hydrogen) atoms. The van der Waals surface area contributed by atoms with E-state index in [2.05, 4.69) is 193 Å². The van der Waals surface area contributed by atoms with Gasteiger partial charge in [-0.3, -0.25) is 0 Å². The van der Waals surface area contributed by atoms with Crippen molar-refractivity contribution in [3.63, 3.8) is 0 Å². The number of hydrogen-bond acceptors (Lipinski definition) is 2. The van der Waals surface area contributed by atoms with E-state index in [1.807, 2.05) is 41.3 Å². The predicted octanol–water partition coefficient (Wildman–Crippen LogP) is 16.3. The molecular weight excluding hydrogens is 761 g/mol. The highest BCUT2D eigenvalue weighted by Crippen LogP contribution is 2.64. The van der Waals surface area contributed by atoms with E-state index in [4.69, 9.17) is 4.11 Å². The van der Waals surface area contributed by atoms with Crippen molar-refractivity contribution < 1.29 is 6.85 Å². The summed E-state index contributed by atoms with van der Waals surface area (Å²) >= 11 is 0. The zero-order valence-electron chi connectivity index (χ0n) is 39.3. The molecule has 1 atom stereocenters. The number of rotatable bonds is 8. The maximum atomic E-state index is 9.20. The Balaban J connectivity index is 1.15. The van der Waals surface area contributed by atoms with Gasteiger partial charge in [0.15, 0.2) is 0 Å². The SMILES string of the molecule is [2H]c1c([2H])c([2H])c(N(c2ccccc2)c2ccc3c(c2)C2(c4ccccc4-c4ccc(N(c5ccccc5)c5c(-c6ccccc6)cccc5-c5ccccc5)cc42)c2ccccc2-3)c([2H])c1[2H]. The quantitative estimate of drug-likeness (QED) is 0.151. The van der Waals surface area contributed by atoms with E-state index >= 15 is 0 Å². The summed E-state index contributed by atoms with van der Waals surface area (Å²) in [5, 5.41) is 0. The summed E-state index contributed by atoms with van der Waals surface area (Å²) in [6.07, 6.45) is 0. The molecule has 0 saturated carbocycles. The molecule has 0 N–H and O–H groups in total. The van der Waals surface area contributed by atoms with E-state index in [0.29, 0.717) is 11.4 Å². The van der Waals surface area contributed by atoms with Gasteiger partial charge in [-0.1, -0.05) is 194 Å². The van der Waals surface area contributed by atoms with Gasteiger partial charge in [-0.05, 0) is 116 Å². The van der Waals surface area contributed by atoms with Gasteiger partial charge in [0.2, 0.25) is 0 Å². The molecule has 0 radical (unpaired) electrons. The summed E-state index contributed by atoms with van der Waals surface area (Å²) in [5.74, 6) is 0. The molecule has 2 aliphatic rings. The number of hydrogen-bond donors (Lipinski definition) is 0. The average Bonchev–Trinajstić information content (AvgIpc) is 3.86. The van der Waals surface area contributed by atoms with Crippen molar-refractivity contribution in [1.29, 1.82) is 0 Å². The summed E-state index contributed by atoms with van der Waals surface area (Å²) in [4.78, 5) is 4.23. The van der Waals surface area contributed by atoms with Crippen LogP contribution in [0.15, 0.2) is 255 Å². The molecule has 296 valence electrons. The van der Waals surface area contributed by atoms with Crippen LogP contribution < -0.4 is 9.80 Å². The molecule has 1 unspecified atom stereocenters. The van der Waals surface area contributed by atoms with Gasteiger partial charge in [0, 0.05) is 39.6 Å². The standard InChI is InChI=1S/C61H42N2/c1-6-21-43(22-7-1)50-33-20-34-51(44-23-8-2-9-24-44)60(50)63(47-29-14-5-15-30-47)49-38-40-55-53-32-17-19-36-57(53)61(59(55)42-49)56-35-18-16-31-52(56)54-39-37-48(41-58(54)61)62(45-25-10-3-11-26-45)46-27-12-4-13-28-46/h1-42H/i3D,10D,11D,25D,26D. The zero-order chi connectivity index (χ0) is 46.1. The van der Waals surface area contributed by atoms with Gasteiger partial charge in [0.05, 0.1) is 18.0 Å². The van der Waals surface area contributed by atoms with Crippen LogP contribution in [0.4, 0.5) is 34.1 Å². The molecule has 0 aromatic heterocycles. The minimum absolute atomic E-state index is 0.0889. The van der Waals surface area contributed by atoms with Gasteiger partial charge >= 0.3 is 0 Å². The number of para-hydroxylation sites is 4. The van der Waals surface area contributed by atoms with E-state index in [-0.39, 0.29) is 29.9 Å². The fraction of sp³-hybridized carbons (Fsp3) is 0.0164. The molecule has 0 heterocycles. The van der Waals surface area contributed by atoms with Crippen LogP contribution in [0.5, 0.6) is 0 Å². The molecule has 1 spiro atoms. The first-order chi connectivity index (χ1) is 33.4. The van der Waals surface area contributed by atoms with E-state index in [1.54, 1.807) is 0 Å². The Morgan fingerprint density at radius 2 is 0.683 bits per heavy atom. The molecule has 2 heteroatoms. The predicted molar refractivity (Wildman–Crippen MR) is 263 cm³/mol. The van der Waals surface area contributed by atoms with Crippen LogP contribution in [-0.4, -0.2) is 0 Å². The highest BCUT2D eigenvalue weighted by atomic mass is 15.2. The summed E-state index contributed by atoms with van der Waals surface area (Å²) in [6, 6.07) is 76.9. The lowest BCUT2D eigenvalue weighted by atomic mass is 9.70. The fourth-order valence-corrected chi connectivity index (χ4v) is 10.2. The van der Waals surface area contributed by atoms with E-state index in [1.165, 1.54) is 0 Å². The van der Waals surface area contributed by atoms with Crippen LogP contribution in [0, 0.1) is 0 Å². The van der Waals surface area contributed by atoms with Crippen LogP contribution in [0.2, 0.25) is 0 Å². The highest BCUT2D eigenvalue weighted by Gasteiger charge is 2.52. The van der Waals surface area contributed by atoms with Crippen LogP contribution in [0.3, 0.4) is 0 Å². The first-order valence-corrected chi connectivity index (χ1v) is 21.4. The molecule has 0 amide bonds. The van der Waals surface area contributed by atoms with Crippen molar-refractivity contribution >= 4 is 34.1 Å². The molecule has 2 nitrogen and oxygen atoms in total. The Morgan fingerprint density at radius 3 is 1.19 bits per heavy atom. The van der Waals surface area contributed by atoms with E-state index in [9.17, 15) is 2.74 Å². The summed E-state index contributed by atoms with van der Waals surface area (Å²) in [7, 11) is 0. The van der Waals surface area contributed by atoms with Crippen molar-refractivity contribution in [2.24, 2.45) is 0 Å². The second-order valence-electron chi connectivity index (χ2n) is 16.1. The molecule has 0 saturated heterocycles. The van der Waals surface area contributed by atoms with Crippen molar-refractivity contribution in [3.05, 3.63) is 277 Å². The average molecular weight is 808 g/mol. The second-order valence-corrected chi connectivity index (χ2v) is 16.1. The van der Waals surface area contributed by atoms with Gasteiger partial charge in [-0.15, -0.1) is 0 Å². The Hall–Kier alpha value is -8.20. The fourth-order valence-electron chi connectivity index (χ4n) is 10.2. The Labute approximate surface area is 376 Å². The first kappa shape index (κ1) is 31.6. The Kier molecular flexibility index (Phi) is 7.56. The smallest absolute Gasteiger partial charge is 0.0727 e. The first-order valence-electron chi connectivity index (χ1n) is 23.9. The van der Waals surface area contributed by atoms with Crippen molar-refractivity contribution in [1.82, 2.24) is 0 Å². The van der Waals surface area contributed by atoms with Crippen LogP contribution in [0.1, 0.15) is 29.1 Å². The monoisotopic (exact) mass is 807 g/mol. The maximum Gasteiger partial charge on any atom is 0.0727 e. The van der Waals surface area contributed by atoms with Gasteiger partial charge in [0.1, 0.15) is 0 Å². The van der Waals surface area contributed by atoms with E-state index < -0.39 is 11.5 Å². The lowest BCUT2D eigenvalue weighted by molar-refractivity contribution is 0.793. The molecule has 10 aromatic rings. The lowest BCUT2D eigenvalue weighted by Gasteiger charge is -2.34. The third-order valence-corrected chi connectivity index (χ3v) is 12.7. The minimum atomic E-state index is -0.796. The third kappa shape index (κ3) is 5.80. The topological polar surface area (TPSA) is 6.48 Å². The molecule has 0 fully saturated rings. The van der Waals surface area contributed by atoms with Crippen molar-refractivity contribution in [3.8, 4) is 44.5 Å².